The average Bonchev–Trinajstić information content (AvgIpc) is 3.17. The third-order valence-corrected chi connectivity index (χ3v) is 4.49. The predicted molar refractivity (Wildman–Crippen MR) is 72.5 cm³/mol. The molecule has 0 amide bonds. The van der Waals surface area contributed by atoms with E-state index in [0.29, 0.717) is 0 Å². The second-order valence-corrected chi connectivity index (χ2v) is 5.92. The van der Waals surface area contributed by atoms with Crippen molar-refractivity contribution in [2.45, 2.75) is 32.2 Å². The highest BCUT2D eigenvalue weighted by atomic mass is 19.1. The van der Waals surface area contributed by atoms with Gasteiger partial charge in [-0.1, -0.05) is 6.07 Å². The number of hydrogen-bond acceptors (Lipinski definition) is 2. The smallest absolute Gasteiger partial charge is 0.128 e. The van der Waals surface area contributed by atoms with Crippen molar-refractivity contribution < 1.29 is 4.39 Å². The number of hydrogen-bond donors (Lipinski definition) is 1. The van der Waals surface area contributed by atoms with E-state index in [1.54, 1.807) is 6.07 Å². The van der Waals surface area contributed by atoms with Crippen LogP contribution in [-0.2, 0) is 0 Å². The summed E-state index contributed by atoms with van der Waals surface area (Å²) >= 11 is 0. The van der Waals surface area contributed by atoms with Crippen LogP contribution >= 0.6 is 0 Å². The number of piperazine rings is 1. The van der Waals surface area contributed by atoms with E-state index in [9.17, 15) is 4.39 Å². The zero-order chi connectivity index (χ0) is 12.8. The minimum atomic E-state index is -0.0980. The quantitative estimate of drug-likeness (QED) is 0.865. The summed E-state index contributed by atoms with van der Waals surface area (Å²) in [5, 5.41) is 3.66. The van der Waals surface area contributed by atoms with Crippen molar-refractivity contribution in [3.63, 3.8) is 0 Å². The topological polar surface area (TPSA) is 15.3 Å². The van der Waals surface area contributed by atoms with Gasteiger partial charge in [0.05, 0.1) is 0 Å². The molecule has 0 radical (unpaired) electrons. The van der Waals surface area contributed by atoms with Gasteiger partial charge < -0.3 is 10.2 Å². The monoisotopic (exact) mass is 248 g/mol. The lowest BCUT2D eigenvalue weighted by molar-refractivity contribution is 0.285. The lowest BCUT2D eigenvalue weighted by atomic mass is 9.92. The highest BCUT2D eigenvalue weighted by Gasteiger charge is 2.44. The molecule has 1 aromatic rings. The predicted octanol–water partition coefficient (Wildman–Crippen LogP) is 2.71. The van der Waals surface area contributed by atoms with E-state index < -0.39 is 0 Å². The van der Waals surface area contributed by atoms with E-state index in [2.05, 4.69) is 17.1 Å². The summed E-state index contributed by atoms with van der Waals surface area (Å²) in [7, 11) is 0. The molecule has 2 fully saturated rings. The Morgan fingerprint density at radius 2 is 2.17 bits per heavy atom. The van der Waals surface area contributed by atoms with E-state index in [0.717, 1.165) is 36.8 Å². The molecular weight excluding hydrogens is 227 g/mol. The van der Waals surface area contributed by atoms with Crippen LogP contribution in [-0.4, -0.2) is 25.2 Å². The maximum absolute atomic E-state index is 13.7. The van der Waals surface area contributed by atoms with E-state index in [4.69, 9.17) is 0 Å². The number of halogens is 1. The van der Waals surface area contributed by atoms with Gasteiger partial charge in [-0.05, 0) is 44.7 Å². The van der Waals surface area contributed by atoms with Crippen molar-refractivity contribution in [2.75, 3.05) is 24.5 Å². The van der Waals surface area contributed by atoms with E-state index in [1.165, 1.54) is 12.8 Å². The Hall–Kier alpha value is -1.09. The molecule has 2 nitrogen and oxygen atoms in total. The standard InChI is InChI=1S/C15H21FN2/c1-11-13(16)4-3-5-14(11)18-9-8-17-15(2,10-18)12-6-7-12/h3-5,12,17H,6-10H2,1-2H3. The van der Waals surface area contributed by atoms with Crippen LogP contribution in [0.5, 0.6) is 0 Å². The van der Waals surface area contributed by atoms with Crippen molar-refractivity contribution >= 4 is 5.69 Å². The van der Waals surface area contributed by atoms with Gasteiger partial charge in [0.1, 0.15) is 5.82 Å². The van der Waals surface area contributed by atoms with Gasteiger partial charge in [0.25, 0.3) is 0 Å². The van der Waals surface area contributed by atoms with Crippen molar-refractivity contribution in [1.29, 1.82) is 0 Å². The van der Waals surface area contributed by atoms with Gasteiger partial charge in [0.2, 0.25) is 0 Å². The molecule has 1 atom stereocenters. The summed E-state index contributed by atoms with van der Waals surface area (Å²) in [6.07, 6.45) is 2.67. The van der Waals surface area contributed by atoms with Gasteiger partial charge in [-0.25, -0.2) is 4.39 Å². The molecule has 3 rings (SSSR count). The average molecular weight is 248 g/mol. The molecule has 3 heteroatoms. The summed E-state index contributed by atoms with van der Waals surface area (Å²) in [5.41, 5.74) is 2.04. The minimum absolute atomic E-state index is 0.0980. The normalized spacial score (nSPS) is 28.5. The summed E-state index contributed by atoms with van der Waals surface area (Å²) in [4.78, 5) is 2.34. The summed E-state index contributed by atoms with van der Waals surface area (Å²) in [5.74, 6) is 0.702. The molecule has 1 heterocycles. The molecule has 1 aliphatic carbocycles. The Kier molecular flexibility index (Phi) is 2.81. The molecule has 1 aliphatic heterocycles. The highest BCUT2D eigenvalue weighted by molar-refractivity contribution is 5.54. The van der Waals surface area contributed by atoms with Crippen LogP contribution in [0.4, 0.5) is 10.1 Å². The molecule has 1 N–H and O–H groups in total. The number of nitrogens with one attached hydrogen (secondary N) is 1. The number of nitrogens with zero attached hydrogens (tertiary/aromatic N) is 1. The van der Waals surface area contributed by atoms with Crippen LogP contribution in [0.2, 0.25) is 0 Å². The molecule has 98 valence electrons. The first kappa shape index (κ1) is 12.0. The van der Waals surface area contributed by atoms with Crippen LogP contribution in [0.25, 0.3) is 0 Å². The van der Waals surface area contributed by atoms with Gasteiger partial charge in [-0.3, -0.25) is 0 Å². The first-order valence-corrected chi connectivity index (χ1v) is 6.85. The Morgan fingerprint density at radius 3 is 2.89 bits per heavy atom. The lowest BCUT2D eigenvalue weighted by Crippen LogP contribution is -2.60. The maximum atomic E-state index is 13.7. The fourth-order valence-corrected chi connectivity index (χ4v) is 3.15. The fraction of sp³-hybridized carbons (Fsp3) is 0.600. The van der Waals surface area contributed by atoms with Crippen molar-refractivity contribution in [1.82, 2.24) is 5.32 Å². The number of anilines is 1. The summed E-state index contributed by atoms with van der Waals surface area (Å²) in [6, 6.07) is 5.40. The SMILES string of the molecule is Cc1c(F)cccc1N1CCNC(C)(C2CC2)C1. The van der Waals surface area contributed by atoms with Crippen molar-refractivity contribution in [3.8, 4) is 0 Å². The van der Waals surface area contributed by atoms with Crippen molar-refractivity contribution in [3.05, 3.63) is 29.6 Å². The second-order valence-electron chi connectivity index (χ2n) is 5.92. The van der Waals surface area contributed by atoms with Crippen LogP contribution in [0.15, 0.2) is 18.2 Å². The maximum Gasteiger partial charge on any atom is 0.128 e. The largest absolute Gasteiger partial charge is 0.368 e. The highest BCUT2D eigenvalue weighted by Crippen LogP contribution is 2.41. The van der Waals surface area contributed by atoms with Crippen LogP contribution in [0.3, 0.4) is 0 Å². The molecule has 2 aliphatic rings. The Morgan fingerprint density at radius 1 is 1.39 bits per heavy atom. The molecular formula is C15H21FN2. The Labute approximate surface area is 108 Å². The van der Waals surface area contributed by atoms with Gasteiger partial charge in [0.15, 0.2) is 0 Å². The van der Waals surface area contributed by atoms with E-state index in [1.807, 2.05) is 19.1 Å². The first-order valence-electron chi connectivity index (χ1n) is 6.85. The number of benzene rings is 1. The zero-order valence-electron chi connectivity index (χ0n) is 11.2. The molecule has 0 spiro atoms. The molecule has 18 heavy (non-hydrogen) atoms. The second kappa shape index (κ2) is 4.23. The van der Waals surface area contributed by atoms with Gasteiger partial charge in [0, 0.05) is 36.4 Å². The van der Waals surface area contributed by atoms with Gasteiger partial charge in [-0.2, -0.15) is 0 Å². The third-order valence-electron chi connectivity index (χ3n) is 4.49. The number of rotatable bonds is 2. The fourth-order valence-electron chi connectivity index (χ4n) is 3.15. The van der Waals surface area contributed by atoms with Crippen LogP contribution in [0, 0.1) is 18.7 Å². The van der Waals surface area contributed by atoms with Gasteiger partial charge in [-0.15, -0.1) is 0 Å². The minimum Gasteiger partial charge on any atom is -0.368 e. The van der Waals surface area contributed by atoms with Gasteiger partial charge >= 0.3 is 0 Å². The molecule has 0 aromatic heterocycles. The first-order chi connectivity index (χ1) is 8.60. The van der Waals surface area contributed by atoms with Crippen molar-refractivity contribution in [2.24, 2.45) is 5.92 Å². The third kappa shape index (κ3) is 2.01. The Balaban J connectivity index is 1.85. The molecule has 0 bridgehead atoms. The van der Waals surface area contributed by atoms with Crippen LogP contribution in [0.1, 0.15) is 25.3 Å². The molecule has 1 saturated carbocycles. The zero-order valence-corrected chi connectivity index (χ0v) is 11.2. The summed E-state index contributed by atoms with van der Waals surface area (Å²) in [6.45, 7) is 7.13. The lowest BCUT2D eigenvalue weighted by Gasteiger charge is -2.43. The molecule has 1 unspecified atom stereocenters. The Bertz CT molecular complexity index is 456. The van der Waals surface area contributed by atoms with Crippen LogP contribution < -0.4 is 10.2 Å². The molecule has 1 saturated heterocycles. The van der Waals surface area contributed by atoms with E-state index >= 15 is 0 Å². The summed E-state index contributed by atoms with van der Waals surface area (Å²) < 4.78 is 13.7. The molecule has 1 aromatic carbocycles. The van der Waals surface area contributed by atoms with E-state index in [-0.39, 0.29) is 11.4 Å².